The van der Waals surface area contributed by atoms with Crippen molar-refractivity contribution in [2.24, 2.45) is 11.7 Å². The Morgan fingerprint density at radius 2 is 1.84 bits per heavy atom. The summed E-state index contributed by atoms with van der Waals surface area (Å²) in [7, 11) is 0. The van der Waals surface area contributed by atoms with Crippen LogP contribution in [0.25, 0.3) is 0 Å². The van der Waals surface area contributed by atoms with Crippen molar-refractivity contribution in [2.45, 2.75) is 38.2 Å². The number of amides is 1. The molecule has 102 valence electrons. The van der Waals surface area contributed by atoms with Gasteiger partial charge in [-0.25, -0.2) is 0 Å². The van der Waals surface area contributed by atoms with Crippen molar-refractivity contribution < 1.29 is 14.3 Å². The molecule has 0 aliphatic heterocycles. The highest BCUT2D eigenvalue weighted by molar-refractivity contribution is 5.83. The quantitative estimate of drug-likeness (QED) is 0.827. The fraction of sp³-hybridized carbons (Fsp3) is 0.467. The van der Waals surface area contributed by atoms with Gasteiger partial charge in [-0.15, -0.1) is 0 Å². The molecular formula is C15H19NO3. The van der Waals surface area contributed by atoms with Crippen molar-refractivity contribution in [1.29, 1.82) is 0 Å². The molecular weight excluding hydrogens is 242 g/mol. The topological polar surface area (TPSA) is 69.4 Å². The first kappa shape index (κ1) is 13.6. The van der Waals surface area contributed by atoms with Gasteiger partial charge in [0.15, 0.2) is 0 Å². The van der Waals surface area contributed by atoms with Gasteiger partial charge in [0.2, 0.25) is 6.10 Å². The van der Waals surface area contributed by atoms with Crippen LogP contribution in [0.2, 0.25) is 0 Å². The summed E-state index contributed by atoms with van der Waals surface area (Å²) in [5.41, 5.74) is 5.93. The molecule has 1 fully saturated rings. The summed E-state index contributed by atoms with van der Waals surface area (Å²) < 4.78 is 5.25. The van der Waals surface area contributed by atoms with Crippen LogP contribution in [0.1, 0.15) is 43.8 Å². The molecule has 0 unspecified atom stereocenters. The lowest BCUT2D eigenvalue weighted by Gasteiger charge is -2.16. The summed E-state index contributed by atoms with van der Waals surface area (Å²) >= 11 is 0. The van der Waals surface area contributed by atoms with Gasteiger partial charge in [-0.05, 0) is 18.8 Å². The Hall–Kier alpha value is -1.84. The van der Waals surface area contributed by atoms with Crippen molar-refractivity contribution in [3.8, 4) is 0 Å². The molecule has 1 aliphatic carbocycles. The fourth-order valence-electron chi connectivity index (χ4n) is 2.55. The zero-order chi connectivity index (χ0) is 13.7. The van der Waals surface area contributed by atoms with E-state index < -0.39 is 12.0 Å². The van der Waals surface area contributed by atoms with Gasteiger partial charge >= 0.3 is 5.97 Å². The first-order valence-corrected chi connectivity index (χ1v) is 6.70. The highest BCUT2D eigenvalue weighted by atomic mass is 16.5. The molecule has 4 heteroatoms. The highest BCUT2D eigenvalue weighted by Gasteiger charge is 2.25. The number of hydrogen-bond donors (Lipinski definition) is 1. The standard InChI is InChI=1S/C15H19NO3/c16-15(18)14(12-8-2-1-3-9-12)19-13(17)10-11-6-4-5-7-11/h1-3,8-9,11,14H,4-7,10H2,(H2,16,18)/t14-/m0/s1. The highest BCUT2D eigenvalue weighted by Crippen LogP contribution is 2.28. The maximum atomic E-state index is 11.9. The number of primary amides is 1. The lowest BCUT2D eigenvalue weighted by Crippen LogP contribution is -2.26. The van der Waals surface area contributed by atoms with Crippen LogP contribution < -0.4 is 5.73 Å². The number of rotatable bonds is 5. The number of ether oxygens (including phenoxy) is 1. The SMILES string of the molecule is NC(=O)[C@@H](OC(=O)CC1CCCC1)c1ccccc1. The summed E-state index contributed by atoms with van der Waals surface area (Å²) in [6.07, 6.45) is 3.90. The number of carbonyl (C=O) groups is 2. The first-order valence-electron chi connectivity index (χ1n) is 6.70. The average Bonchev–Trinajstić information content (AvgIpc) is 2.89. The minimum atomic E-state index is -0.977. The Kier molecular flexibility index (Phi) is 4.55. The van der Waals surface area contributed by atoms with Crippen LogP contribution in [0.5, 0.6) is 0 Å². The van der Waals surface area contributed by atoms with Crippen LogP contribution in [0.4, 0.5) is 0 Å². The lowest BCUT2D eigenvalue weighted by atomic mass is 10.0. The summed E-state index contributed by atoms with van der Waals surface area (Å²) in [5.74, 6) is -0.567. The largest absolute Gasteiger partial charge is 0.447 e. The zero-order valence-corrected chi connectivity index (χ0v) is 10.9. The predicted octanol–water partition coefficient (Wildman–Crippen LogP) is 2.34. The van der Waals surface area contributed by atoms with E-state index in [1.807, 2.05) is 6.07 Å². The van der Waals surface area contributed by atoms with Crippen molar-refractivity contribution in [3.05, 3.63) is 35.9 Å². The minimum absolute atomic E-state index is 0.334. The van der Waals surface area contributed by atoms with E-state index in [0.717, 1.165) is 12.8 Å². The molecule has 1 aliphatic rings. The van der Waals surface area contributed by atoms with Crippen molar-refractivity contribution in [1.82, 2.24) is 0 Å². The molecule has 2 rings (SSSR count). The van der Waals surface area contributed by atoms with Gasteiger partial charge in [0.05, 0.1) is 0 Å². The summed E-state index contributed by atoms with van der Waals surface area (Å²) in [5, 5.41) is 0. The Balaban J connectivity index is 1.97. The molecule has 0 aromatic heterocycles. The predicted molar refractivity (Wildman–Crippen MR) is 71.0 cm³/mol. The Morgan fingerprint density at radius 1 is 1.21 bits per heavy atom. The van der Waals surface area contributed by atoms with E-state index in [1.54, 1.807) is 24.3 Å². The lowest BCUT2D eigenvalue weighted by molar-refractivity contribution is -0.156. The first-order chi connectivity index (χ1) is 9.16. The molecule has 1 aromatic rings. The maximum absolute atomic E-state index is 11.9. The third-order valence-corrected chi connectivity index (χ3v) is 3.54. The van der Waals surface area contributed by atoms with Gasteiger partial charge in [-0.1, -0.05) is 43.2 Å². The number of benzene rings is 1. The fourth-order valence-corrected chi connectivity index (χ4v) is 2.55. The smallest absolute Gasteiger partial charge is 0.307 e. The van der Waals surface area contributed by atoms with Crippen LogP contribution in [0.15, 0.2) is 30.3 Å². The van der Waals surface area contributed by atoms with Crippen LogP contribution in [0, 0.1) is 5.92 Å². The molecule has 0 heterocycles. The molecule has 1 saturated carbocycles. The van der Waals surface area contributed by atoms with Crippen LogP contribution in [0.3, 0.4) is 0 Å². The molecule has 0 spiro atoms. The molecule has 1 amide bonds. The van der Waals surface area contributed by atoms with Gasteiger partial charge < -0.3 is 10.5 Å². The Morgan fingerprint density at radius 3 is 2.42 bits per heavy atom. The number of esters is 1. The van der Waals surface area contributed by atoms with Crippen LogP contribution in [-0.2, 0) is 14.3 Å². The third-order valence-electron chi connectivity index (χ3n) is 3.54. The minimum Gasteiger partial charge on any atom is -0.447 e. The van der Waals surface area contributed by atoms with Gasteiger partial charge in [-0.3, -0.25) is 9.59 Å². The molecule has 0 bridgehead atoms. The van der Waals surface area contributed by atoms with Crippen molar-refractivity contribution in [3.63, 3.8) is 0 Å². The molecule has 1 atom stereocenters. The summed E-state index contributed by atoms with van der Waals surface area (Å²) in [6.45, 7) is 0. The van der Waals surface area contributed by atoms with Crippen LogP contribution >= 0.6 is 0 Å². The zero-order valence-electron chi connectivity index (χ0n) is 10.9. The van der Waals surface area contributed by atoms with Crippen molar-refractivity contribution in [2.75, 3.05) is 0 Å². The number of hydrogen-bond acceptors (Lipinski definition) is 3. The monoisotopic (exact) mass is 261 g/mol. The molecule has 19 heavy (non-hydrogen) atoms. The second-order valence-electron chi connectivity index (χ2n) is 5.04. The Bertz CT molecular complexity index is 438. The number of carbonyl (C=O) groups excluding carboxylic acids is 2. The average molecular weight is 261 g/mol. The van der Waals surface area contributed by atoms with Crippen molar-refractivity contribution >= 4 is 11.9 Å². The van der Waals surface area contributed by atoms with E-state index in [2.05, 4.69) is 0 Å². The van der Waals surface area contributed by atoms with E-state index in [-0.39, 0.29) is 5.97 Å². The van der Waals surface area contributed by atoms with Crippen LogP contribution in [-0.4, -0.2) is 11.9 Å². The second-order valence-corrected chi connectivity index (χ2v) is 5.04. The molecule has 0 saturated heterocycles. The third kappa shape index (κ3) is 3.81. The van der Waals surface area contributed by atoms with E-state index in [1.165, 1.54) is 12.8 Å². The van der Waals surface area contributed by atoms with Gasteiger partial charge in [-0.2, -0.15) is 0 Å². The van der Waals surface area contributed by atoms with E-state index >= 15 is 0 Å². The summed E-state index contributed by atoms with van der Waals surface area (Å²) in [6, 6.07) is 8.88. The molecule has 2 N–H and O–H groups in total. The molecule has 0 radical (unpaired) electrons. The van der Waals surface area contributed by atoms with E-state index in [0.29, 0.717) is 17.9 Å². The van der Waals surface area contributed by atoms with Gasteiger partial charge in [0.1, 0.15) is 0 Å². The van der Waals surface area contributed by atoms with E-state index in [4.69, 9.17) is 10.5 Å². The van der Waals surface area contributed by atoms with Gasteiger partial charge in [0.25, 0.3) is 5.91 Å². The second kappa shape index (κ2) is 6.36. The molecule has 1 aromatic carbocycles. The molecule has 4 nitrogen and oxygen atoms in total. The summed E-state index contributed by atoms with van der Waals surface area (Å²) in [4.78, 5) is 23.3. The maximum Gasteiger partial charge on any atom is 0.307 e. The van der Waals surface area contributed by atoms with E-state index in [9.17, 15) is 9.59 Å². The van der Waals surface area contributed by atoms with Gasteiger partial charge in [0, 0.05) is 12.0 Å². The normalized spacial score (nSPS) is 17.1. The number of nitrogens with two attached hydrogens (primary N) is 1. The Labute approximate surface area is 112 Å².